The second-order valence-corrected chi connectivity index (χ2v) is 9.75. The van der Waals surface area contributed by atoms with Gasteiger partial charge in [-0.1, -0.05) is 0 Å². The number of rotatable bonds is 10. The molecule has 0 radical (unpaired) electrons. The van der Waals surface area contributed by atoms with Crippen molar-refractivity contribution in [1.29, 1.82) is 0 Å². The molecule has 0 aliphatic carbocycles. The van der Waals surface area contributed by atoms with Gasteiger partial charge in [-0.25, -0.2) is 25.4 Å². The maximum Gasteiger partial charge on any atom is 0.211 e. The number of hydrogen-bond donors (Lipinski definition) is 1. The Morgan fingerprint density at radius 1 is 0.880 bits per heavy atom. The van der Waals surface area contributed by atoms with Crippen molar-refractivity contribution in [3.8, 4) is 11.5 Å². The fourth-order valence-electron chi connectivity index (χ4n) is 1.66. The van der Waals surface area contributed by atoms with Gasteiger partial charge in [0.05, 0.1) is 12.5 Å². The van der Waals surface area contributed by atoms with Crippen LogP contribution in [0.25, 0.3) is 0 Å². The van der Waals surface area contributed by atoms with E-state index in [1.54, 1.807) is 18.2 Å². The van der Waals surface area contributed by atoms with Gasteiger partial charge in [0.2, 0.25) is 20.0 Å². The van der Waals surface area contributed by atoms with Crippen molar-refractivity contribution in [2.75, 3.05) is 58.6 Å². The summed E-state index contributed by atoms with van der Waals surface area (Å²) in [6, 6.07) is 4.81. The molecule has 0 aliphatic rings. The summed E-state index contributed by atoms with van der Waals surface area (Å²) in [6.07, 6.45) is 2.23. The Balaban J connectivity index is 2.66. The van der Waals surface area contributed by atoms with Crippen LogP contribution in [0, 0.1) is 0 Å². The Labute approximate surface area is 149 Å². The maximum absolute atomic E-state index is 11.4. The minimum absolute atomic E-state index is 0.118. The van der Waals surface area contributed by atoms with Gasteiger partial charge in [-0.3, -0.25) is 0 Å². The summed E-state index contributed by atoms with van der Waals surface area (Å²) < 4.78 is 58.9. The number of nitrogen functional groups attached to an aromatic ring is 1. The molecule has 0 heterocycles. The highest BCUT2D eigenvalue weighted by Gasteiger charge is 2.13. The molecule has 11 heteroatoms. The van der Waals surface area contributed by atoms with Gasteiger partial charge in [-0.2, -0.15) is 0 Å². The fourth-order valence-corrected chi connectivity index (χ4v) is 2.47. The van der Waals surface area contributed by atoms with Crippen LogP contribution in [-0.4, -0.2) is 78.4 Å². The average molecular weight is 396 g/mol. The van der Waals surface area contributed by atoms with E-state index in [0.717, 1.165) is 12.5 Å². The van der Waals surface area contributed by atoms with Gasteiger partial charge in [-0.05, 0) is 12.1 Å². The van der Waals surface area contributed by atoms with E-state index in [-0.39, 0.29) is 26.3 Å². The quantitative estimate of drug-likeness (QED) is 0.545. The fraction of sp³-hybridized carbons (Fsp3) is 0.571. The number of ether oxygens (including phenoxy) is 2. The van der Waals surface area contributed by atoms with Gasteiger partial charge >= 0.3 is 0 Å². The Kier molecular flexibility index (Phi) is 7.47. The van der Waals surface area contributed by atoms with Crippen LogP contribution in [0.4, 0.5) is 5.69 Å². The van der Waals surface area contributed by atoms with Crippen molar-refractivity contribution in [2.45, 2.75) is 0 Å². The second kappa shape index (κ2) is 8.70. The Morgan fingerprint density at radius 2 is 1.32 bits per heavy atom. The number of benzene rings is 1. The summed E-state index contributed by atoms with van der Waals surface area (Å²) in [5.74, 6) is 0.766. The molecule has 0 bridgehead atoms. The molecule has 0 amide bonds. The van der Waals surface area contributed by atoms with Crippen molar-refractivity contribution >= 4 is 25.7 Å². The predicted molar refractivity (Wildman–Crippen MR) is 96.8 cm³/mol. The van der Waals surface area contributed by atoms with Crippen LogP contribution in [0.3, 0.4) is 0 Å². The second-order valence-electron chi connectivity index (χ2n) is 5.57. The number of anilines is 1. The zero-order valence-electron chi connectivity index (χ0n) is 14.8. The lowest BCUT2D eigenvalue weighted by molar-refractivity contribution is 0.247. The summed E-state index contributed by atoms with van der Waals surface area (Å²) in [4.78, 5) is 0. The van der Waals surface area contributed by atoms with Gasteiger partial charge in [0.15, 0.2) is 11.5 Å². The summed E-state index contributed by atoms with van der Waals surface area (Å²) in [5.41, 5.74) is 6.20. The molecular weight excluding hydrogens is 370 g/mol. The van der Waals surface area contributed by atoms with Crippen LogP contribution in [0.2, 0.25) is 0 Å². The molecular formula is C14H25N3O6S2. The Morgan fingerprint density at radius 3 is 1.76 bits per heavy atom. The lowest BCUT2D eigenvalue weighted by atomic mass is 10.3. The van der Waals surface area contributed by atoms with Gasteiger partial charge in [0, 0.05) is 38.9 Å². The van der Waals surface area contributed by atoms with E-state index < -0.39 is 20.0 Å². The third kappa shape index (κ3) is 7.46. The van der Waals surface area contributed by atoms with Crippen LogP contribution in [0.15, 0.2) is 18.2 Å². The van der Waals surface area contributed by atoms with E-state index >= 15 is 0 Å². The third-order valence-electron chi connectivity index (χ3n) is 3.43. The van der Waals surface area contributed by atoms with E-state index in [0.29, 0.717) is 17.2 Å². The summed E-state index contributed by atoms with van der Waals surface area (Å²) in [5, 5.41) is 0. The molecule has 25 heavy (non-hydrogen) atoms. The predicted octanol–water partition coefficient (Wildman–Crippen LogP) is -0.191. The first-order valence-corrected chi connectivity index (χ1v) is 11.1. The number of sulfonamides is 2. The molecule has 0 aliphatic heterocycles. The molecule has 1 aromatic carbocycles. The number of hydrogen-bond acceptors (Lipinski definition) is 7. The van der Waals surface area contributed by atoms with Crippen LogP contribution in [0.5, 0.6) is 11.5 Å². The zero-order valence-corrected chi connectivity index (χ0v) is 16.4. The highest BCUT2D eigenvalue weighted by molar-refractivity contribution is 7.88. The van der Waals surface area contributed by atoms with E-state index in [9.17, 15) is 16.8 Å². The van der Waals surface area contributed by atoms with Crippen LogP contribution >= 0.6 is 0 Å². The molecule has 0 fully saturated rings. The highest BCUT2D eigenvalue weighted by atomic mass is 32.2. The van der Waals surface area contributed by atoms with Gasteiger partial charge < -0.3 is 15.2 Å². The van der Waals surface area contributed by atoms with Crippen molar-refractivity contribution in [2.24, 2.45) is 0 Å². The summed E-state index contributed by atoms with van der Waals surface area (Å²) in [6.45, 7) is 0.600. The molecule has 0 atom stereocenters. The maximum atomic E-state index is 11.4. The zero-order chi connectivity index (χ0) is 19.3. The monoisotopic (exact) mass is 395 g/mol. The summed E-state index contributed by atoms with van der Waals surface area (Å²) >= 11 is 0. The lowest BCUT2D eigenvalue weighted by Gasteiger charge is -2.18. The van der Waals surface area contributed by atoms with Gasteiger partial charge in [-0.15, -0.1) is 0 Å². The molecule has 0 saturated carbocycles. The highest BCUT2D eigenvalue weighted by Crippen LogP contribution is 2.29. The minimum Gasteiger partial charge on any atom is -0.488 e. The molecule has 9 nitrogen and oxygen atoms in total. The Hall–Kier alpha value is -1.56. The van der Waals surface area contributed by atoms with Crippen LogP contribution in [0.1, 0.15) is 0 Å². The molecule has 0 unspecified atom stereocenters. The molecule has 1 aromatic rings. The van der Waals surface area contributed by atoms with Gasteiger partial charge in [0.25, 0.3) is 0 Å². The normalized spacial score (nSPS) is 12.6. The van der Waals surface area contributed by atoms with E-state index in [1.165, 1.54) is 22.7 Å². The molecule has 0 spiro atoms. The van der Waals surface area contributed by atoms with Crippen molar-refractivity contribution < 1.29 is 26.3 Å². The number of nitrogens with two attached hydrogens (primary N) is 1. The summed E-state index contributed by atoms with van der Waals surface area (Å²) in [7, 11) is -3.64. The SMILES string of the molecule is CN(CCOc1ccc(N)cc1OCCN(C)S(C)(=O)=O)S(C)(=O)=O. The number of nitrogens with zero attached hydrogens (tertiary/aromatic N) is 2. The molecule has 144 valence electrons. The minimum atomic E-state index is -3.28. The average Bonchev–Trinajstić information content (AvgIpc) is 2.47. The lowest BCUT2D eigenvalue weighted by Crippen LogP contribution is -2.30. The van der Waals surface area contributed by atoms with Crippen LogP contribution < -0.4 is 15.2 Å². The molecule has 0 saturated heterocycles. The standard InChI is InChI=1S/C14H25N3O6S2/c1-16(24(3,18)19)7-9-22-13-6-5-12(15)11-14(13)23-10-8-17(2)25(4,20)21/h5-6,11H,7-10,15H2,1-4H3. The van der Waals surface area contributed by atoms with Crippen LogP contribution in [-0.2, 0) is 20.0 Å². The molecule has 2 N–H and O–H groups in total. The van der Waals surface area contributed by atoms with E-state index in [4.69, 9.17) is 15.2 Å². The van der Waals surface area contributed by atoms with Gasteiger partial charge in [0.1, 0.15) is 13.2 Å². The smallest absolute Gasteiger partial charge is 0.211 e. The molecule has 0 aromatic heterocycles. The van der Waals surface area contributed by atoms with E-state index in [1.807, 2.05) is 0 Å². The number of likely N-dealkylation sites (N-methyl/N-ethyl adjacent to an activating group) is 2. The topological polar surface area (TPSA) is 119 Å². The van der Waals surface area contributed by atoms with Crippen molar-refractivity contribution in [1.82, 2.24) is 8.61 Å². The third-order valence-corrected chi connectivity index (χ3v) is 6.06. The van der Waals surface area contributed by atoms with E-state index in [2.05, 4.69) is 0 Å². The largest absolute Gasteiger partial charge is 0.488 e. The molecule has 1 rings (SSSR count). The van der Waals surface area contributed by atoms with Crippen molar-refractivity contribution in [3.05, 3.63) is 18.2 Å². The van der Waals surface area contributed by atoms with Crippen molar-refractivity contribution in [3.63, 3.8) is 0 Å². The Bertz CT molecular complexity index is 780. The first kappa shape index (κ1) is 21.5. The first-order valence-electron chi connectivity index (χ1n) is 7.39. The first-order chi connectivity index (χ1) is 11.4.